The molecule has 22 N–H and O–H groups in total. The average Bonchev–Trinajstić information content (AvgIpc) is 0.804. The number of carboxylic acids is 1. The number of carboxylic acid groups (broad SMARTS) is 1. The lowest BCUT2D eigenvalue weighted by molar-refractivity contribution is -0.192. The van der Waals surface area contributed by atoms with Gasteiger partial charge in [0.05, 0.1) is 39.6 Å². The second kappa shape index (κ2) is 45.0. The normalized spacial score (nSPS) is 22.2. The molecule has 1 saturated heterocycles. The average molecular weight is 1600 g/mol. The van der Waals surface area contributed by atoms with Crippen LogP contribution in [0.4, 0.5) is 18.0 Å². The van der Waals surface area contributed by atoms with Crippen LogP contribution >= 0.6 is 0 Å². The number of primary amides is 1. The number of aliphatic hydroxyl groups excluding tert-OH is 4. The molecule has 3 rings (SSSR count). The van der Waals surface area contributed by atoms with E-state index >= 15 is 14.4 Å². The minimum atomic E-state index is -5.08. The molecule has 2 aromatic carbocycles. The molecule has 0 saturated carbocycles. The van der Waals surface area contributed by atoms with E-state index in [-0.39, 0.29) is 67.2 Å². The Morgan fingerprint density at radius 1 is 0.661 bits per heavy atom. The van der Waals surface area contributed by atoms with Crippen molar-refractivity contribution in [2.75, 3.05) is 33.9 Å². The van der Waals surface area contributed by atoms with Crippen molar-refractivity contribution in [2.24, 2.45) is 45.4 Å². The molecule has 1 fully saturated rings. The molecule has 15 atom stereocenters. The summed E-state index contributed by atoms with van der Waals surface area (Å²) in [6, 6.07) is -7.68. The smallest absolute Gasteiger partial charge is 0.490 e. The third-order valence-electron chi connectivity index (χ3n) is 16.6. The Balaban J connectivity index is 0.00000578. The lowest BCUT2D eigenvalue weighted by atomic mass is 9.87. The van der Waals surface area contributed by atoms with E-state index in [2.05, 4.69) is 52.8 Å². The van der Waals surface area contributed by atoms with Crippen LogP contribution in [0.1, 0.15) is 139 Å². The van der Waals surface area contributed by atoms with Crippen molar-refractivity contribution in [3.8, 4) is 11.5 Å². The maximum atomic E-state index is 15.8. The van der Waals surface area contributed by atoms with Crippen molar-refractivity contribution in [3.05, 3.63) is 59.7 Å². The summed E-state index contributed by atoms with van der Waals surface area (Å²) in [5.74, 6) is -20.2. The Hall–Kier alpha value is -10.7. The SMILES string of the molecule is CC[C@H](C)[C@@H]1NC(=O)[C@@H](CCCN=C(N)N)NC(=O)[C@H](CC(C)C)NC(=O)[C@H]([C@H](O)C(C)C)NC(=O)[C@@H](NC(=O)[C@H](Cc2ccc(OC)c(OC)c2)NC(=O)[C@@H](CC(C)(C)C)NC(=O)OC(C)(C)C)[C@@H](c2ccccc2)OC(=O)[C@H](CO)NC(=O)[C@H]([C@H](O)C(N)=O)NC(=O)CNC(=O)[C@H]([C@H](C)O)NC1=O.O=C(O)C(F)(F)F. The van der Waals surface area contributed by atoms with Crippen LogP contribution in [0.15, 0.2) is 53.5 Å². The van der Waals surface area contributed by atoms with Crippen molar-refractivity contribution in [2.45, 2.75) is 225 Å². The molecule has 0 bridgehead atoms. The van der Waals surface area contributed by atoms with E-state index in [9.17, 15) is 81.5 Å². The molecule has 1 aliphatic rings. The number of rotatable bonds is 25. The maximum absolute atomic E-state index is 15.8. The number of esters is 1. The second-order valence-corrected chi connectivity index (χ2v) is 29.3. The molecule has 0 aromatic heterocycles. The molecule has 41 heteroatoms. The van der Waals surface area contributed by atoms with Crippen molar-refractivity contribution >= 4 is 89.0 Å². The van der Waals surface area contributed by atoms with Gasteiger partial charge in [0.2, 0.25) is 65.0 Å². The highest BCUT2D eigenvalue weighted by atomic mass is 19.4. The summed E-state index contributed by atoms with van der Waals surface area (Å²) in [6.07, 6.45) is -15.2. The van der Waals surface area contributed by atoms with Gasteiger partial charge in [0.15, 0.2) is 35.7 Å². The summed E-state index contributed by atoms with van der Waals surface area (Å²) in [7, 11) is 2.70. The quantitative estimate of drug-likeness (QED) is 0.0209. The summed E-state index contributed by atoms with van der Waals surface area (Å²) < 4.78 is 54.3. The zero-order chi connectivity index (χ0) is 85.6. The lowest BCUT2D eigenvalue weighted by Crippen LogP contribution is -2.64. The number of nitrogens with one attached hydrogen (secondary N) is 11. The molecule has 1 heterocycles. The zero-order valence-corrected chi connectivity index (χ0v) is 65.2. The number of alkyl carbamates (subject to hydrolysis) is 1. The summed E-state index contributed by atoms with van der Waals surface area (Å²) >= 11 is 0. The molecule has 1 aliphatic heterocycles. The number of halogens is 3. The first-order valence-corrected chi connectivity index (χ1v) is 35.7. The molecule has 0 radical (unpaired) electrons. The molecule has 38 nitrogen and oxygen atoms in total. The fourth-order valence-corrected chi connectivity index (χ4v) is 10.6. The van der Waals surface area contributed by atoms with Gasteiger partial charge in [-0.2, -0.15) is 13.2 Å². The van der Waals surface area contributed by atoms with Gasteiger partial charge in [-0.05, 0) is 99.8 Å². The number of methoxy groups -OCH3 is 2. The number of guanidine groups is 1. The number of hydrogen-bond acceptors (Lipinski definition) is 23. The number of amides is 12. The van der Waals surface area contributed by atoms with E-state index in [4.69, 9.17) is 46.0 Å². The number of aliphatic hydroxyl groups is 4. The number of aliphatic carboxylic acids is 1. The first-order valence-electron chi connectivity index (χ1n) is 35.7. The van der Waals surface area contributed by atoms with Crippen LogP contribution in [0.2, 0.25) is 0 Å². The van der Waals surface area contributed by atoms with Gasteiger partial charge in [-0.25, -0.2) is 14.4 Å². The maximum Gasteiger partial charge on any atom is 0.490 e. The van der Waals surface area contributed by atoms with Gasteiger partial charge >= 0.3 is 24.2 Å². The van der Waals surface area contributed by atoms with Crippen LogP contribution in [0.25, 0.3) is 0 Å². The second-order valence-electron chi connectivity index (χ2n) is 29.3. The number of hydrogen-bond donors (Lipinski definition) is 19. The summed E-state index contributed by atoms with van der Waals surface area (Å²) in [5.41, 5.74) is 15.0. The fraction of sp³-hybridized carbons (Fsp3) is 0.620. The van der Waals surface area contributed by atoms with Crippen LogP contribution in [-0.2, 0) is 78.2 Å². The van der Waals surface area contributed by atoms with Crippen LogP contribution in [0.5, 0.6) is 11.5 Å². The third-order valence-corrected chi connectivity index (χ3v) is 16.6. The van der Waals surface area contributed by atoms with E-state index < -0.39 is 222 Å². The lowest BCUT2D eigenvalue weighted by Gasteiger charge is -2.34. The number of carbonyl (C=O) groups excluding carboxylic acids is 13. The molecule has 2 aromatic rings. The Labute approximate surface area is 645 Å². The molecular formula is C71H110F3N15O23. The van der Waals surface area contributed by atoms with Gasteiger partial charge < -0.3 is 120 Å². The number of ether oxygens (including phenoxy) is 4. The molecule has 112 heavy (non-hydrogen) atoms. The van der Waals surface area contributed by atoms with E-state index in [0.717, 1.165) is 6.92 Å². The number of cyclic esters (lactones) is 1. The Morgan fingerprint density at radius 2 is 1.21 bits per heavy atom. The number of benzene rings is 2. The highest BCUT2D eigenvalue weighted by Gasteiger charge is 2.45. The number of alkyl halides is 3. The third kappa shape index (κ3) is 33.1. The van der Waals surface area contributed by atoms with Gasteiger partial charge in [-0.15, -0.1) is 0 Å². The van der Waals surface area contributed by atoms with Gasteiger partial charge in [0, 0.05) is 13.0 Å². The molecule has 0 spiro atoms. The summed E-state index contributed by atoms with van der Waals surface area (Å²) in [4.78, 5) is 201. The standard InChI is InChI=1S/C69H109N15O21.C2HF3O2/c1-16-35(6)47-61(96)82-48(36(7)86)60(95)74-31-46(87)80-50(53(89)55(70)90)63(98)78-43(32-85)65(100)104-54(38-21-18-17-19-22-38)51(64(99)83-49(52(88)34(4)5)62(97)77-40(27-33(2)3)57(92)75-39(56(91)81-47)23-20-26-73-66(71)72)84-58(93)41(28-37-24-25-44(102-14)45(29-37)103-15)76-59(94)42(30-68(8,9)10)79-67(101)105-69(11,12)13;3-2(4,5)1(6)7/h17-19,21-22,24-25,29,33-36,39-43,47-54,85-86,88-89H,16,20,23,26-28,30-32H2,1-15H3,(H2,70,90)(H,74,95)(H,75,92)(H,76,94)(H,77,97)(H,78,98)(H,79,101)(H,80,87)(H,81,91)(H,82,96)(H,83,99)(H,84,93)(H4,71,72,73);(H,6,7)/t35-,36-,39+,40-,41-,42+,43-,47-,48-,49-,50-,51-,52+,53-,54+;/m0./s1. The topological polar surface area (TPSA) is 600 Å². The molecule has 0 unspecified atom stereocenters. The van der Waals surface area contributed by atoms with Gasteiger partial charge in [-0.3, -0.25) is 57.7 Å². The molecular weight excluding hydrogens is 1490 g/mol. The number of carbonyl (C=O) groups is 14. The minimum absolute atomic E-state index is 0.0150. The van der Waals surface area contributed by atoms with E-state index in [1.54, 1.807) is 69.2 Å². The first-order chi connectivity index (χ1) is 51.9. The van der Waals surface area contributed by atoms with E-state index in [1.807, 2.05) is 10.6 Å². The van der Waals surface area contributed by atoms with Gasteiger partial charge in [0.1, 0.15) is 60.0 Å². The number of nitrogens with two attached hydrogens (primary N) is 3. The largest absolute Gasteiger partial charge is 0.493 e. The monoisotopic (exact) mass is 1600 g/mol. The van der Waals surface area contributed by atoms with Crippen LogP contribution < -0.4 is 85.2 Å². The Morgan fingerprint density at radius 3 is 1.71 bits per heavy atom. The molecule has 628 valence electrons. The highest BCUT2D eigenvalue weighted by Crippen LogP contribution is 2.30. The van der Waals surface area contributed by atoms with Crippen LogP contribution in [-0.4, -0.2) is 239 Å². The summed E-state index contributed by atoms with van der Waals surface area (Å²) in [6.45, 7) is 18.1. The number of nitrogens with zero attached hydrogens (tertiary/aromatic N) is 1. The van der Waals surface area contributed by atoms with Crippen LogP contribution in [0.3, 0.4) is 0 Å². The van der Waals surface area contributed by atoms with E-state index in [0.29, 0.717) is 0 Å². The summed E-state index contributed by atoms with van der Waals surface area (Å²) in [5, 5.41) is 78.5. The van der Waals surface area contributed by atoms with Crippen molar-refractivity contribution in [1.29, 1.82) is 0 Å². The fourth-order valence-electron chi connectivity index (χ4n) is 10.6. The predicted octanol–water partition coefficient (Wildman–Crippen LogP) is -2.63. The van der Waals surface area contributed by atoms with Crippen molar-refractivity contribution in [3.63, 3.8) is 0 Å². The highest BCUT2D eigenvalue weighted by molar-refractivity contribution is 6.00. The Kier molecular flexibility index (Phi) is 39.1. The minimum Gasteiger partial charge on any atom is -0.493 e. The van der Waals surface area contributed by atoms with E-state index in [1.165, 1.54) is 76.6 Å². The van der Waals surface area contributed by atoms with Crippen LogP contribution in [0, 0.1) is 23.2 Å². The molecule has 12 amide bonds. The predicted molar refractivity (Wildman–Crippen MR) is 393 cm³/mol. The van der Waals surface area contributed by atoms with Crippen molar-refractivity contribution in [1.82, 2.24) is 58.5 Å². The number of aliphatic imine (C=N–C) groups is 1. The van der Waals surface area contributed by atoms with Gasteiger partial charge in [-0.1, -0.05) is 105 Å². The molecule has 0 aliphatic carbocycles. The van der Waals surface area contributed by atoms with Crippen molar-refractivity contribution < 1.29 is 125 Å². The first kappa shape index (κ1) is 97.4. The van der Waals surface area contributed by atoms with Gasteiger partial charge in [0.25, 0.3) is 0 Å². The zero-order valence-electron chi connectivity index (χ0n) is 65.2. The Bertz CT molecular complexity index is 3590.